The van der Waals surface area contributed by atoms with Crippen LogP contribution in [0.15, 0.2) is 36.5 Å². The zero-order valence-electron chi connectivity index (χ0n) is 21.7. The van der Waals surface area contributed by atoms with Crippen molar-refractivity contribution < 1.29 is 4.74 Å². The molecule has 13 heteroatoms. The number of hydrogen-bond acceptors (Lipinski definition) is 11. The molecule has 0 saturated carbocycles. The van der Waals surface area contributed by atoms with Crippen molar-refractivity contribution in [3.63, 3.8) is 0 Å². The van der Waals surface area contributed by atoms with Crippen molar-refractivity contribution in [2.75, 3.05) is 50.0 Å². The van der Waals surface area contributed by atoms with Gasteiger partial charge in [-0.15, -0.1) is 15.0 Å². The number of rotatable bonds is 8. The Morgan fingerprint density at radius 2 is 2.05 bits per heavy atom. The predicted molar refractivity (Wildman–Crippen MR) is 153 cm³/mol. The third-order valence-electron chi connectivity index (χ3n) is 6.81. The number of ether oxygens (including phenoxy) is 1. The Balaban J connectivity index is 1.21. The summed E-state index contributed by atoms with van der Waals surface area (Å²) >= 11 is 7.63. The van der Waals surface area contributed by atoms with E-state index in [1.54, 1.807) is 6.20 Å². The van der Waals surface area contributed by atoms with E-state index < -0.39 is 0 Å². The van der Waals surface area contributed by atoms with Gasteiger partial charge < -0.3 is 20.7 Å². The maximum Gasteiger partial charge on any atom is 0.216 e. The molecule has 6 rings (SSSR count). The second-order valence-corrected chi connectivity index (χ2v) is 11.3. The lowest BCUT2D eigenvalue weighted by atomic mass is 10.1. The number of morpholine rings is 1. The van der Waals surface area contributed by atoms with Gasteiger partial charge in [0, 0.05) is 37.2 Å². The summed E-state index contributed by atoms with van der Waals surface area (Å²) in [7, 11) is 0. The van der Waals surface area contributed by atoms with Gasteiger partial charge in [0.25, 0.3) is 0 Å². The fraction of sp³-hybridized carbons (Fsp3) is 0.423. The highest BCUT2D eigenvalue weighted by molar-refractivity contribution is 7.18. The quantitative estimate of drug-likeness (QED) is 0.290. The van der Waals surface area contributed by atoms with Gasteiger partial charge >= 0.3 is 0 Å². The lowest BCUT2D eigenvalue weighted by molar-refractivity contribution is 0.0342. The molecule has 0 aliphatic carbocycles. The molecule has 4 aromatic rings. The third-order valence-corrected chi connectivity index (χ3v) is 7.95. The molecule has 2 aliphatic heterocycles. The summed E-state index contributed by atoms with van der Waals surface area (Å²) in [4.78, 5) is 14.1. The number of nitrogens with one attached hydrogen (secondary N) is 3. The first kappa shape index (κ1) is 26.1. The van der Waals surface area contributed by atoms with E-state index in [4.69, 9.17) is 21.3 Å². The number of nitrogens with zero attached hydrogens (tertiary/aromatic N) is 7. The molecule has 0 unspecified atom stereocenters. The van der Waals surface area contributed by atoms with Gasteiger partial charge in [0.1, 0.15) is 11.6 Å². The number of aromatic nitrogens is 6. The summed E-state index contributed by atoms with van der Waals surface area (Å²) in [6.07, 6.45) is 4.04. The molecule has 5 heterocycles. The van der Waals surface area contributed by atoms with Crippen LogP contribution in [0.2, 0.25) is 5.02 Å². The fourth-order valence-electron chi connectivity index (χ4n) is 4.78. The minimum absolute atomic E-state index is 0.362. The highest BCUT2D eigenvalue weighted by atomic mass is 35.5. The third kappa shape index (κ3) is 6.53. The van der Waals surface area contributed by atoms with E-state index in [0.717, 1.165) is 86.5 Å². The first-order chi connectivity index (χ1) is 19.1. The van der Waals surface area contributed by atoms with Crippen LogP contribution in [0.3, 0.4) is 0 Å². The first-order valence-electron chi connectivity index (χ1n) is 13.2. The van der Waals surface area contributed by atoms with Crippen molar-refractivity contribution in [1.82, 2.24) is 40.4 Å². The number of tetrazole rings is 1. The van der Waals surface area contributed by atoms with Crippen LogP contribution in [0, 0.1) is 6.92 Å². The Morgan fingerprint density at radius 3 is 2.90 bits per heavy atom. The Bertz CT molecular complexity index is 1380. The topological polar surface area (TPSA) is 118 Å². The lowest BCUT2D eigenvalue weighted by Crippen LogP contribution is -2.38. The molecule has 0 amide bonds. The van der Waals surface area contributed by atoms with Gasteiger partial charge in [-0.05, 0) is 66.9 Å². The summed E-state index contributed by atoms with van der Waals surface area (Å²) < 4.78 is 5.53. The molecule has 1 aromatic carbocycles. The Morgan fingerprint density at radius 1 is 1.18 bits per heavy atom. The molecule has 204 valence electrons. The SMILES string of the molecule is Cc1ccc(Cl)cc1-n1nnc(-c2cnc(Nc3cc(CN4CCOCC4)cc(N[C@H]4CCCNC4)n3)s2)n1. The van der Waals surface area contributed by atoms with Crippen LogP contribution in [-0.2, 0) is 11.3 Å². The van der Waals surface area contributed by atoms with Crippen LogP contribution in [0.1, 0.15) is 24.0 Å². The van der Waals surface area contributed by atoms with Crippen molar-refractivity contribution in [2.45, 2.75) is 32.4 Å². The molecular weight excluding hydrogens is 536 g/mol. The monoisotopic (exact) mass is 566 g/mol. The molecule has 2 fully saturated rings. The van der Waals surface area contributed by atoms with Crippen molar-refractivity contribution in [3.8, 4) is 16.4 Å². The number of halogens is 1. The molecule has 2 aliphatic rings. The minimum Gasteiger partial charge on any atom is -0.379 e. The fourth-order valence-corrected chi connectivity index (χ4v) is 5.69. The Hall–Kier alpha value is -3.16. The van der Waals surface area contributed by atoms with E-state index in [-0.39, 0.29) is 0 Å². The summed E-state index contributed by atoms with van der Waals surface area (Å²) in [5, 5.41) is 24.9. The smallest absolute Gasteiger partial charge is 0.216 e. The summed E-state index contributed by atoms with van der Waals surface area (Å²) in [5.41, 5.74) is 2.99. The maximum absolute atomic E-state index is 6.17. The van der Waals surface area contributed by atoms with Crippen LogP contribution in [-0.4, -0.2) is 80.5 Å². The summed E-state index contributed by atoms with van der Waals surface area (Å²) in [6, 6.07) is 10.2. The second kappa shape index (κ2) is 11.9. The van der Waals surface area contributed by atoms with E-state index in [9.17, 15) is 0 Å². The lowest BCUT2D eigenvalue weighted by Gasteiger charge is -2.27. The summed E-state index contributed by atoms with van der Waals surface area (Å²) in [5.74, 6) is 2.12. The van der Waals surface area contributed by atoms with Gasteiger partial charge in [0.05, 0.1) is 30.0 Å². The number of aryl methyl sites for hydroxylation is 1. The predicted octanol–water partition coefficient (Wildman–Crippen LogP) is 3.88. The maximum atomic E-state index is 6.17. The van der Waals surface area contributed by atoms with Gasteiger partial charge in [0.15, 0.2) is 5.13 Å². The van der Waals surface area contributed by atoms with Gasteiger partial charge in [0.2, 0.25) is 5.82 Å². The van der Waals surface area contributed by atoms with Gasteiger partial charge in [-0.2, -0.15) is 0 Å². The molecule has 1 atom stereocenters. The molecule has 3 aromatic heterocycles. The zero-order chi connectivity index (χ0) is 26.6. The van der Waals surface area contributed by atoms with Gasteiger partial charge in [-0.3, -0.25) is 4.90 Å². The standard InChI is InChI=1S/C26H31ClN10OS/c1-17-4-5-19(27)13-21(17)37-34-25(33-35-37)22-15-29-26(39-22)32-24-12-18(16-36-7-9-38-10-8-36)11-23(31-24)30-20-3-2-6-28-14-20/h4-5,11-13,15,20,28H,2-3,6-10,14,16H2,1H3,(H2,29,30,31,32)/t20-/m0/s1. The molecule has 39 heavy (non-hydrogen) atoms. The van der Waals surface area contributed by atoms with Crippen molar-refractivity contribution in [2.24, 2.45) is 0 Å². The highest BCUT2D eigenvalue weighted by Gasteiger charge is 2.17. The minimum atomic E-state index is 0.362. The van der Waals surface area contributed by atoms with Gasteiger partial charge in [-0.1, -0.05) is 29.0 Å². The Labute approximate surface area is 235 Å². The molecule has 3 N–H and O–H groups in total. The van der Waals surface area contributed by atoms with Crippen molar-refractivity contribution >= 4 is 39.7 Å². The van der Waals surface area contributed by atoms with E-state index in [0.29, 0.717) is 22.0 Å². The van der Waals surface area contributed by atoms with E-state index >= 15 is 0 Å². The molecule has 0 spiro atoms. The number of hydrogen-bond donors (Lipinski definition) is 3. The summed E-state index contributed by atoms with van der Waals surface area (Å²) in [6.45, 7) is 8.24. The molecular formula is C26H31ClN10OS. The number of pyridine rings is 1. The zero-order valence-corrected chi connectivity index (χ0v) is 23.3. The van der Waals surface area contributed by atoms with Crippen LogP contribution in [0.5, 0.6) is 0 Å². The molecule has 0 bridgehead atoms. The number of benzene rings is 1. The van der Waals surface area contributed by atoms with Crippen molar-refractivity contribution in [3.05, 3.63) is 52.7 Å². The number of anilines is 3. The van der Waals surface area contributed by atoms with Crippen LogP contribution in [0.25, 0.3) is 16.4 Å². The first-order valence-corrected chi connectivity index (χ1v) is 14.4. The van der Waals surface area contributed by atoms with E-state index in [1.807, 2.05) is 25.1 Å². The largest absolute Gasteiger partial charge is 0.379 e. The number of thiazole rings is 1. The molecule has 2 saturated heterocycles. The second-order valence-electron chi connectivity index (χ2n) is 9.81. The van der Waals surface area contributed by atoms with Crippen molar-refractivity contribution in [1.29, 1.82) is 0 Å². The van der Waals surface area contributed by atoms with E-state index in [2.05, 4.69) is 53.4 Å². The van der Waals surface area contributed by atoms with E-state index in [1.165, 1.54) is 21.7 Å². The van der Waals surface area contributed by atoms with Gasteiger partial charge in [-0.25, -0.2) is 9.97 Å². The molecule has 11 nitrogen and oxygen atoms in total. The number of piperidine rings is 1. The normalized spacial score (nSPS) is 18.3. The Kier molecular flexibility index (Phi) is 7.98. The van der Waals surface area contributed by atoms with Crippen LogP contribution < -0.4 is 16.0 Å². The molecule has 0 radical (unpaired) electrons. The average Bonchev–Trinajstić information content (AvgIpc) is 3.61. The highest BCUT2D eigenvalue weighted by Crippen LogP contribution is 2.29. The average molecular weight is 567 g/mol. The van der Waals surface area contributed by atoms with Crippen LogP contribution in [0.4, 0.5) is 16.8 Å². The van der Waals surface area contributed by atoms with Crippen LogP contribution >= 0.6 is 22.9 Å².